The number of rotatable bonds is 2. The van der Waals surface area contributed by atoms with Gasteiger partial charge >= 0.3 is 0 Å². The van der Waals surface area contributed by atoms with E-state index >= 15 is 0 Å². The minimum atomic E-state index is 0.168. The zero-order valence-corrected chi connectivity index (χ0v) is 15.8. The molecule has 2 heteroatoms. The van der Waals surface area contributed by atoms with Crippen LogP contribution in [0.15, 0.2) is 22.8 Å². The smallest absolute Gasteiger partial charge is 0.00349 e. The molecule has 6 atom stereocenters. The first-order chi connectivity index (χ1) is 10.1. The molecule has 2 unspecified atom stereocenters. The minimum Gasteiger partial charge on any atom is -0.0803 e. The van der Waals surface area contributed by atoms with E-state index in [-0.39, 0.29) is 15.8 Å². The second-order valence-corrected chi connectivity index (χ2v) is 14.1. The van der Waals surface area contributed by atoms with Gasteiger partial charge in [0, 0.05) is 11.8 Å². The molecule has 4 aliphatic rings. The summed E-state index contributed by atoms with van der Waals surface area (Å²) in [6, 6.07) is 0. The molecule has 21 heavy (non-hydrogen) atoms. The molecule has 2 heterocycles. The van der Waals surface area contributed by atoms with Gasteiger partial charge in [-0.25, -0.2) is 0 Å². The second-order valence-electron chi connectivity index (χ2n) is 7.97. The van der Waals surface area contributed by atoms with Gasteiger partial charge in [0.15, 0.2) is 0 Å². The van der Waals surface area contributed by atoms with Crippen molar-refractivity contribution in [1.29, 1.82) is 0 Å². The van der Waals surface area contributed by atoms with Crippen molar-refractivity contribution in [2.24, 2.45) is 11.8 Å². The van der Waals surface area contributed by atoms with Crippen molar-refractivity contribution in [1.82, 2.24) is 0 Å². The van der Waals surface area contributed by atoms with Crippen molar-refractivity contribution in [3.8, 4) is 0 Å². The Morgan fingerprint density at radius 3 is 1.33 bits per heavy atom. The lowest BCUT2D eigenvalue weighted by Crippen LogP contribution is -2.09. The molecule has 0 spiro atoms. The van der Waals surface area contributed by atoms with Gasteiger partial charge in [-0.05, 0) is 65.4 Å². The summed E-state index contributed by atoms with van der Waals surface area (Å²) in [6.45, 7) is 10.2. The summed E-state index contributed by atoms with van der Waals surface area (Å²) in [5, 5.41) is 4.09. The predicted molar refractivity (Wildman–Crippen MR) is 97.9 cm³/mol. The summed E-state index contributed by atoms with van der Waals surface area (Å²) in [5.74, 6) is 1.73. The fourth-order valence-corrected chi connectivity index (χ4v) is 13.5. The van der Waals surface area contributed by atoms with E-state index in [2.05, 4.69) is 39.8 Å². The normalized spacial score (nSPS) is 47.2. The number of allylic oxidation sites excluding steroid dienone is 4. The lowest BCUT2D eigenvalue weighted by molar-refractivity contribution is 0.721. The van der Waals surface area contributed by atoms with Gasteiger partial charge in [0.2, 0.25) is 0 Å². The van der Waals surface area contributed by atoms with E-state index in [1.807, 2.05) is 10.6 Å². The molecule has 0 saturated carbocycles. The number of fused-ring (bicyclic) bond motifs is 2. The van der Waals surface area contributed by atoms with Crippen LogP contribution in [0, 0.1) is 11.8 Å². The second kappa shape index (κ2) is 5.46. The van der Waals surface area contributed by atoms with Crippen LogP contribution >= 0.6 is 15.8 Å². The third kappa shape index (κ3) is 2.23. The maximum atomic E-state index is 2.59. The van der Waals surface area contributed by atoms with Gasteiger partial charge in [-0.3, -0.25) is 0 Å². The summed E-state index contributed by atoms with van der Waals surface area (Å²) in [5.41, 5.74) is 3.99. The van der Waals surface area contributed by atoms with E-state index < -0.39 is 0 Å². The van der Waals surface area contributed by atoms with Crippen LogP contribution in [0.2, 0.25) is 0 Å². The maximum Gasteiger partial charge on any atom is 0.00349 e. The molecule has 2 aliphatic heterocycles. The van der Waals surface area contributed by atoms with Gasteiger partial charge in [-0.1, -0.05) is 55.7 Å². The molecule has 116 valence electrons. The Labute approximate surface area is 133 Å². The summed E-state index contributed by atoms with van der Waals surface area (Å²) >= 11 is 0. The van der Waals surface area contributed by atoms with Crippen molar-refractivity contribution in [3.05, 3.63) is 22.8 Å². The fourth-order valence-electron chi connectivity index (χ4n) is 5.47. The molecule has 2 fully saturated rings. The van der Waals surface area contributed by atoms with Crippen LogP contribution in [0.4, 0.5) is 0 Å². The van der Waals surface area contributed by atoms with E-state index in [4.69, 9.17) is 0 Å². The highest BCUT2D eigenvalue weighted by Gasteiger charge is 2.48. The first-order valence-electron chi connectivity index (χ1n) is 9.07. The fraction of sp³-hybridized carbons (Fsp3) is 0.789. The molecule has 0 nitrogen and oxygen atoms in total. The van der Waals surface area contributed by atoms with E-state index in [1.54, 1.807) is 0 Å². The average Bonchev–Trinajstić information content (AvgIpc) is 3.18. The Bertz CT molecular complexity index is 430. The van der Waals surface area contributed by atoms with Crippen LogP contribution in [0.3, 0.4) is 0 Å². The van der Waals surface area contributed by atoms with Crippen molar-refractivity contribution in [2.45, 2.75) is 82.4 Å². The quantitative estimate of drug-likeness (QED) is 0.402. The molecule has 0 aromatic carbocycles. The Kier molecular flexibility index (Phi) is 3.87. The Hall–Kier alpha value is 0.340. The van der Waals surface area contributed by atoms with Crippen LogP contribution in [-0.4, -0.2) is 22.6 Å². The first kappa shape index (κ1) is 14.9. The topological polar surface area (TPSA) is 0 Å². The summed E-state index contributed by atoms with van der Waals surface area (Å²) in [6.07, 6.45) is 12.6. The van der Waals surface area contributed by atoms with Crippen LogP contribution in [-0.2, 0) is 0 Å². The van der Waals surface area contributed by atoms with E-state index in [1.165, 1.54) is 32.1 Å². The summed E-state index contributed by atoms with van der Waals surface area (Å²) in [4.78, 5) is 0. The van der Waals surface area contributed by atoms with Gasteiger partial charge in [-0.2, -0.15) is 0 Å². The van der Waals surface area contributed by atoms with Crippen molar-refractivity contribution in [3.63, 3.8) is 0 Å². The van der Waals surface area contributed by atoms with Crippen LogP contribution in [0.5, 0.6) is 0 Å². The standard InChI is InChI=1S/C19H30P2/c1-12-5-6-13(2)20(12)18-16-9-10-17(11-16)19(18)21-14(3)7-8-15(21)4/h9-10,12-17H,5-8,11H2,1-4H3/t12-,13-,14-,15-,16?,17?/m0/s1. The zero-order chi connectivity index (χ0) is 14.7. The molecule has 0 aromatic heterocycles. The molecule has 0 amide bonds. The first-order valence-corrected chi connectivity index (χ1v) is 12.0. The molecule has 0 N–H and O–H groups in total. The third-order valence-electron chi connectivity index (χ3n) is 6.51. The Morgan fingerprint density at radius 2 is 1.00 bits per heavy atom. The van der Waals surface area contributed by atoms with Crippen LogP contribution in [0.1, 0.15) is 59.8 Å². The molecule has 2 bridgehead atoms. The SMILES string of the molecule is C[C@H]1CC[C@H](C)P1C1=C(P2[C@@H](C)CC[C@@H]2C)C2C=CC1C2. The van der Waals surface area contributed by atoms with Gasteiger partial charge in [-0.15, -0.1) is 0 Å². The van der Waals surface area contributed by atoms with Crippen LogP contribution in [0.25, 0.3) is 0 Å². The van der Waals surface area contributed by atoms with E-state index in [0.717, 1.165) is 34.5 Å². The highest BCUT2D eigenvalue weighted by Crippen LogP contribution is 2.75. The van der Waals surface area contributed by atoms with Crippen molar-refractivity contribution in [2.75, 3.05) is 0 Å². The largest absolute Gasteiger partial charge is 0.0803 e. The van der Waals surface area contributed by atoms with E-state index in [9.17, 15) is 0 Å². The molecular formula is C19H30P2. The molecule has 0 radical (unpaired) electrons. The molecule has 2 saturated heterocycles. The number of hydrogen-bond donors (Lipinski definition) is 0. The average molecular weight is 320 g/mol. The Morgan fingerprint density at radius 1 is 0.667 bits per heavy atom. The van der Waals surface area contributed by atoms with Crippen LogP contribution < -0.4 is 0 Å². The Balaban J connectivity index is 1.77. The van der Waals surface area contributed by atoms with Gasteiger partial charge in [0.1, 0.15) is 0 Å². The van der Waals surface area contributed by atoms with Gasteiger partial charge < -0.3 is 0 Å². The highest BCUT2D eigenvalue weighted by molar-refractivity contribution is 7.68. The lowest BCUT2D eigenvalue weighted by Gasteiger charge is -2.34. The van der Waals surface area contributed by atoms with Gasteiger partial charge in [0.05, 0.1) is 0 Å². The highest BCUT2D eigenvalue weighted by atomic mass is 31.1. The summed E-state index contributed by atoms with van der Waals surface area (Å²) in [7, 11) is 0.335. The molecule has 4 rings (SSSR count). The minimum absolute atomic E-state index is 0.168. The maximum absolute atomic E-state index is 2.59. The van der Waals surface area contributed by atoms with Crippen molar-refractivity contribution >= 4 is 15.8 Å². The molecule has 0 aromatic rings. The van der Waals surface area contributed by atoms with Crippen molar-refractivity contribution < 1.29 is 0 Å². The predicted octanol–water partition coefficient (Wildman–Crippen LogP) is 6.51. The molecular weight excluding hydrogens is 290 g/mol. The third-order valence-corrected chi connectivity index (χ3v) is 13.8. The van der Waals surface area contributed by atoms with E-state index in [0.29, 0.717) is 0 Å². The zero-order valence-electron chi connectivity index (χ0n) is 14.0. The molecule has 2 aliphatic carbocycles. The van der Waals surface area contributed by atoms with Gasteiger partial charge in [0.25, 0.3) is 0 Å². The lowest BCUT2D eigenvalue weighted by atomic mass is 10.2. The number of hydrogen-bond acceptors (Lipinski definition) is 0. The monoisotopic (exact) mass is 320 g/mol. The summed E-state index contributed by atoms with van der Waals surface area (Å²) < 4.78 is 0.